The summed E-state index contributed by atoms with van der Waals surface area (Å²) in [4.78, 5) is 27.9. The van der Waals surface area contributed by atoms with E-state index in [1.54, 1.807) is 18.2 Å². The lowest BCUT2D eigenvalue weighted by molar-refractivity contribution is 0.0233. The Morgan fingerprint density at radius 2 is 1.59 bits per heavy atom. The van der Waals surface area contributed by atoms with Crippen LogP contribution in [0.3, 0.4) is 0 Å². The summed E-state index contributed by atoms with van der Waals surface area (Å²) >= 11 is 0. The van der Waals surface area contributed by atoms with Gasteiger partial charge in [-0.2, -0.15) is 8.78 Å². The maximum absolute atomic E-state index is 13.5. The van der Waals surface area contributed by atoms with Gasteiger partial charge in [0.25, 0.3) is 0 Å². The topological polar surface area (TPSA) is 70.4 Å². The zero-order chi connectivity index (χ0) is 19.6. The molecular formula is C19H16F2N2O4. The Morgan fingerprint density at radius 3 is 2.19 bits per heavy atom. The Bertz CT molecular complexity index is 983. The molecular weight excluding hydrogens is 358 g/mol. The molecule has 1 atom stereocenters. The highest BCUT2D eigenvalue weighted by molar-refractivity contribution is 5.93. The molecule has 0 aliphatic carbocycles. The van der Waals surface area contributed by atoms with Crippen molar-refractivity contribution in [1.29, 1.82) is 0 Å². The quantitative estimate of drug-likeness (QED) is 0.628. The average Bonchev–Trinajstić information content (AvgIpc) is 3.07. The molecule has 0 N–H and O–H groups in total. The molecule has 0 saturated heterocycles. The van der Waals surface area contributed by atoms with E-state index in [-0.39, 0.29) is 22.5 Å². The number of carbonyl (C=O) groups is 2. The second-order valence-electron chi connectivity index (χ2n) is 5.72. The maximum Gasteiger partial charge on any atom is 0.338 e. The van der Waals surface area contributed by atoms with E-state index >= 15 is 0 Å². The van der Waals surface area contributed by atoms with Crippen LogP contribution in [0.15, 0.2) is 48.5 Å². The molecule has 27 heavy (non-hydrogen) atoms. The number of rotatable bonds is 5. The maximum atomic E-state index is 13.5. The fourth-order valence-electron chi connectivity index (χ4n) is 2.70. The summed E-state index contributed by atoms with van der Waals surface area (Å²) in [6.07, 6.45) is -1.00. The highest BCUT2D eigenvalue weighted by atomic mass is 19.3. The Hall–Kier alpha value is -3.29. The number of hydrogen-bond donors (Lipinski definition) is 0. The molecule has 0 bridgehead atoms. The molecule has 0 spiro atoms. The van der Waals surface area contributed by atoms with Gasteiger partial charge in [0.2, 0.25) is 0 Å². The van der Waals surface area contributed by atoms with Gasteiger partial charge in [-0.3, -0.25) is 4.57 Å². The van der Waals surface area contributed by atoms with E-state index in [2.05, 4.69) is 9.72 Å². The normalized spacial score (nSPS) is 12.2. The molecule has 3 aromatic rings. The summed E-state index contributed by atoms with van der Waals surface area (Å²) in [5, 5.41) is 0. The van der Waals surface area contributed by atoms with E-state index in [9.17, 15) is 18.4 Å². The first-order chi connectivity index (χ1) is 12.9. The molecule has 0 aliphatic heterocycles. The number of imidazole rings is 1. The molecule has 0 saturated carbocycles. The Kier molecular flexibility index (Phi) is 5.16. The SMILES string of the molecule is COC(=O)c1ccc(C(=O)OC(C)c2nc3ccccc3n2C(F)F)cc1. The third kappa shape index (κ3) is 3.64. The lowest BCUT2D eigenvalue weighted by Gasteiger charge is -2.15. The Morgan fingerprint density at radius 1 is 1.00 bits per heavy atom. The fraction of sp³-hybridized carbons (Fsp3) is 0.211. The van der Waals surface area contributed by atoms with Gasteiger partial charge in [-0.05, 0) is 43.3 Å². The molecule has 6 nitrogen and oxygen atoms in total. The van der Waals surface area contributed by atoms with Crippen LogP contribution in [0.25, 0.3) is 11.0 Å². The van der Waals surface area contributed by atoms with Crippen molar-refractivity contribution in [2.45, 2.75) is 19.6 Å². The number of carbonyl (C=O) groups excluding carboxylic acids is 2. The number of methoxy groups -OCH3 is 1. The smallest absolute Gasteiger partial charge is 0.338 e. The summed E-state index contributed by atoms with van der Waals surface area (Å²) in [6.45, 7) is -1.35. The van der Waals surface area contributed by atoms with E-state index in [4.69, 9.17) is 4.74 Å². The average molecular weight is 374 g/mol. The van der Waals surface area contributed by atoms with Crippen LogP contribution in [0.4, 0.5) is 8.78 Å². The summed E-state index contributed by atoms with van der Waals surface area (Å²) in [5.41, 5.74) is 1.10. The van der Waals surface area contributed by atoms with Crippen LogP contribution < -0.4 is 0 Å². The zero-order valence-electron chi connectivity index (χ0n) is 14.6. The van der Waals surface area contributed by atoms with Crippen molar-refractivity contribution in [3.63, 3.8) is 0 Å². The Balaban J connectivity index is 1.84. The van der Waals surface area contributed by atoms with Gasteiger partial charge in [-0.15, -0.1) is 0 Å². The first-order valence-electron chi connectivity index (χ1n) is 8.06. The lowest BCUT2D eigenvalue weighted by atomic mass is 10.1. The molecule has 0 fully saturated rings. The fourth-order valence-corrected chi connectivity index (χ4v) is 2.70. The molecule has 3 rings (SSSR count). The third-order valence-corrected chi connectivity index (χ3v) is 4.01. The highest BCUT2D eigenvalue weighted by Gasteiger charge is 2.24. The van der Waals surface area contributed by atoms with Crippen LogP contribution >= 0.6 is 0 Å². The minimum absolute atomic E-state index is 0.0502. The number of para-hydroxylation sites is 2. The molecule has 1 unspecified atom stereocenters. The first-order valence-corrected chi connectivity index (χ1v) is 8.06. The predicted molar refractivity (Wildman–Crippen MR) is 92.6 cm³/mol. The monoisotopic (exact) mass is 374 g/mol. The number of nitrogens with zero attached hydrogens (tertiary/aromatic N) is 2. The summed E-state index contributed by atoms with van der Waals surface area (Å²) in [5.74, 6) is -1.30. The van der Waals surface area contributed by atoms with Crippen LogP contribution in [-0.2, 0) is 9.47 Å². The second-order valence-corrected chi connectivity index (χ2v) is 5.72. The minimum Gasteiger partial charge on any atom is -0.465 e. The molecule has 8 heteroatoms. The molecule has 2 aromatic carbocycles. The highest BCUT2D eigenvalue weighted by Crippen LogP contribution is 2.28. The van der Waals surface area contributed by atoms with Crippen molar-refractivity contribution < 1.29 is 27.8 Å². The van der Waals surface area contributed by atoms with Crippen molar-refractivity contribution in [2.24, 2.45) is 0 Å². The van der Waals surface area contributed by atoms with Gasteiger partial charge in [0, 0.05) is 0 Å². The van der Waals surface area contributed by atoms with Crippen molar-refractivity contribution in [2.75, 3.05) is 7.11 Å². The number of benzene rings is 2. The predicted octanol–water partition coefficient (Wildman–Crippen LogP) is 4.14. The van der Waals surface area contributed by atoms with E-state index < -0.39 is 24.6 Å². The van der Waals surface area contributed by atoms with E-state index in [1.165, 1.54) is 44.4 Å². The third-order valence-electron chi connectivity index (χ3n) is 4.01. The molecule has 0 amide bonds. The molecule has 0 aliphatic rings. The van der Waals surface area contributed by atoms with E-state index in [0.29, 0.717) is 5.52 Å². The van der Waals surface area contributed by atoms with Gasteiger partial charge in [-0.25, -0.2) is 14.6 Å². The largest absolute Gasteiger partial charge is 0.465 e. The number of aromatic nitrogens is 2. The summed E-state index contributed by atoms with van der Waals surface area (Å²) < 4.78 is 37.6. The molecule has 0 radical (unpaired) electrons. The van der Waals surface area contributed by atoms with Crippen LogP contribution in [0.1, 0.15) is 46.1 Å². The zero-order valence-corrected chi connectivity index (χ0v) is 14.6. The van der Waals surface area contributed by atoms with Crippen LogP contribution in [0, 0.1) is 0 Å². The second kappa shape index (κ2) is 7.53. The number of fused-ring (bicyclic) bond motifs is 1. The van der Waals surface area contributed by atoms with Crippen molar-refractivity contribution >= 4 is 23.0 Å². The van der Waals surface area contributed by atoms with Crippen molar-refractivity contribution in [3.05, 3.63) is 65.5 Å². The minimum atomic E-state index is -2.83. The van der Waals surface area contributed by atoms with Crippen LogP contribution in [0.2, 0.25) is 0 Å². The Labute approximate surface area is 153 Å². The van der Waals surface area contributed by atoms with Crippen LogP contribution in [0.5, 0.6) is 0 Å². The molecule has 140 valence electrons. The van der Waals surface area contributed by atoms with Gasteiger partial charge >= 0.3 is 18.5 Å². The van der Waals surface area contributed by atoms with E-state index in [1.807, 2.05) is 0 Å². The van der Waals surface area contributed by atoms with Gasteiger partial charge in [0.15, 0.2) is 11.9 Å². The van der Waals surface area contributed by atoms with E-state index in [0.717, 1.165) is 4.57 Å². The summed E-state index contributed by atoms with van der Waals surface area (Å²) in [7, 11) is 1.25. The first kappa shape index (κ1) is 18.5. The molecule has 1 heterocycles. The standard InChI is InChI=1S/C19H16F2N2O4/c1-11(16-22-14-5-3-4-6-15(14)23(16)19(20)21)27-18(25)13-9-7-12(8-10-13)17(24)26-2/h3-11,19H,1-2H3. The van der Waals surface area contributed by atoms with Gasteiger partial charge in [0.05, 0.1) is 29.3 Å². The number of ether oxygens (including phenoxy) is 2. The van der Waals surface area contributed by atoms with Gasteiger partial charge < -0.3 is 9.47 Å². The van der Waals surface area contributed by atoms with Gasteiger partial charge in [0.1, 0.15) is 0 Å². The van der Waals surface area contributed by atoms with Crippen molar-refractivity contribution in [3.8, 4) is 0 Å². The number of alkyl halides is 2. The summed E-state index contributed by atoms with van der Waals surface area (Å²) in [6, 6.07) is 12.1. The molecule has 1 aromatic heterocycles. The van der Waals surface area contributed by atoms with Gasteiger partial charge in [-0.1, -0.05) is 12.1 Å². The van der Waals surface area contributed by atoms with Crippen molar-refractivity contribution in [1.82, 2.24) is 9.55 Å². The number of hydrogen-bond acceptors (Lipinski definition) is 5. The van der Waals surface area contributed by atoms with Crippen LogP contribution in [-0.4, -0.2) is 28.6 Å². The lowest BCUT2D eigenvalue weighted by Crippen LogP contribution is -2.15. The number of halogens is 2. The number of esters is 2.